The van der Waals surface area contributed by atoms with Gasteiger partial charge in [0.05, 0.1) is 17.4 Å². The van der Waals surface area contributed by atoms with Crippen LogP contribution in [0.25, 0.3) is 6.08 Å². The van der Waals surface area contributed by atoms with Crippen LogP contribution in [0.4, 0.5) is 5.69 Å². The molecular formula is C17H15N3O2S2. The average molecular weight is 357 g/mol. The Bertz CT molecular complexity index is 809. The SMILES string of the molecule is CN(C)c1ccc(C=C2SC(=S)N(N=Cc3ccco3)C2=O)cc1. The van der Waals surface area contributed by atoms with E-state index in [2.05, 4.69) is 5.10 Å². The fourth-order valence-corrected chi connectivity index (χ4v) is 3.23. The molecule has 0 atom stereocenters. The number of amides is 1. The van der Waals surface area contributed by atoms with E-state index in [1.807, 2.05) is 49.3 Å². The number of benzene rings is 1. The van der Waals surface area contributed by atoms with Crippen molar-refractivity contribution >= 4 is 52.2 Å². The lowest BCUT2D eigenvalue weighted by Gasteiger charge is -2.11. The number of thioether (sulfide) groups is 1. The molecule has 1 aromatic carbocycles. The molecule has 1 amide bonds. The number of hydrogen-bond acceptors (Lipinski definition) is 6. The van der Waals surface area contributed by atoms with Gasteiger partial charge in [-0.15, -0.1) is 0 Å². The van der Waals surface area contributed by atoms with E-state index < -0.39 is 0 Å². The molecule has 3 rings (SSSR count). The van der Waals surface area contributed by atoms with Gasteiger partial charge < -0.3 is 9.32 Å². The summed E-state index contributed by atoms with van der Waals surface area (Å²) < 4.78 is 5.56. The highest BCUT2D eigenvalue weighted by Gasteiger charge is 2.32. The Labute approximate surface area is 149 Å². The van der Waals surface area contributed by atoms with E-state index in [1.54, 1.807) is 18.4 Å². The van der Waals surface area contributed by atoms with Gasteiger partial charge in [-0.2, -0.15) is 10.1 Å². The summed E-state index contributed by atoms with van der Waals surface area (Å²) in [4.78, 5) is 15.0. The van der Waals surface area contributed by atoms with Crippen molar-refractivity contribution in [2.75, 3.05) is 19.0 Å². The Morgan fingerprint density at radius 3 is 2.62 bits per heavy atom. The molecule has 122 valence electrons. The van der Waals surface area contributed by atoms with Gasteiger partial charge in [-0.1, -0.05) is 23.9 Å². The molecule has 0 aliphatic carbocycles. The monoisotopic (exact) mass is 357 g/mol. The summed E-state index contributed by atoms with van der Waals surface area (Å²) in [6, 6.07) is 11.4. The molecule has 24 heavy (non-hydrogen) atoms. The first kappa shape index (κ1) is 16.5. The molecule has 1 saturated heterocycles. The molecule has 1 aliphatic heterocycles. The van der Waals surface area contributed by atoms with E-state index in [-0.39, 0.29) is 5.91 Å². The summed E-state index contributed by atoms with van der Waals surface area (Å²) in [6.07, 6.45) is 4.84. The normalized spacial score (nSPS) is 16.6. The number of hydrogen-bond donors (Lipinski definition) is 0. The lowest BCUT2D eigenvalue weighted by molar-refractivity contribution is -0.122. The third kappa shape index (κ3) is 3.58. The Kier molecular flexibility index (Phi) is 4.82. The highest BCUT2D eigenvalue weighted by atomic mass is 32.2. The molecule has 5 nitrogen and oxygen atoms in total. The van der Waals surface area contributed by atoms with Crippen LogP contribution in [0.15, 0.2) is 57.1 Å². The van der Waals surface area contributed by atoms with Gasteiger partial charge in [0.1, 0.15) is 5.76 Å². The van der Waals surface area contributed by atoms with Gasteiger partial charge >= 0.3 is 0 Å². The minimum Gasteiger partial charge on any atom is -0.463 e. The lowest BCUT2D eigenvalue weighted by Crippen LogP contribution is -2.22. The predicted molar refractivity (Wildman–Crippen MR) is 102 cm³/mol. The topological polar surface area (TPSA) is 49.0 Å². The van der Waals surface area contributed by atoms with Crippen LogP contribution < -0.4 is 4.90 Å². The molecule has 1 fully saturated rings. The Balaban J connectivity index is 1.77. The summed E-state index contributed by atoms with van der Waals surface area (Å²) in [5.74, 6) is 0.330. The second-order valence-corrected chi connectivity index (χ2v) is 6.92. The number of hydrazone groups is 1. The molecule has 1 aromatic heterocycles. The zero-order valence-electron chi connectivity index (χ0n) is 13.2. The number of carbonyl (C=O) groups is 1. The van der Waals surface area contributed by atoms with Crippen molar-refractivity contribution in [3.05, 3.63) is 58.9 Å². The summed E-state index contributed by atoms with van der Waals surface area (Å²) >= 11 is 6.48. The fraction of sp³-hybridized carbons (Fsp3) is 0.118. The molecule has 0 radical (unpaired) electrons. The first-order chi connectivity index (χ1) is 11.5. The minimum absolute atomic E-state index is 0.232. The molecule has 0 spiro atoms. The number of carbonyl (C=O) groups excluding carboxylic acids is 1. The summed E-state index contributed by atoms with van der Waals surface area (Å²) in [5.41, 5.74) is 2.04. The van der Waals surface area contributed by atoms with Crippen LogP contribution in [0, 0.1) is 0 Å². The number of anilines is 1. The van der Waals surface area contributed by atoms with E-state index in [0.29, 0.717) is 15.0 Å². The van der Waals surface area contributed by atoms with Crippen molar-refractivity contribution in [1.29, 1.82) is 0 Å². The third-order valence-corrected chi connectivity index (χ3v) is 4.61. The maximum absolute atomic E-state index is 12.5. The number of rotatable bonds is 4. The molecular weight excluding hydrogens is 342 g/mol. The van der Waals surface area contributed by atoms with Gasteiger partial charge in [0.2, 0.25) is 0 Å². The van der Waals surface area contributed by atoms with E-state index in [9.17, 15) is 4.79 Å². The summed E-state index contributed by atoms with van der Waals surface area (Å²) in [6.45, 7) is 0. The molecule has 7 heteroatoms. The first-order valence-corrected chi connectivity index (χ1v) is 8.40. The maximum atomic E-state index is 12.5. The minimum atomic E-state index is -0.232. The summed E-state index contributed by atoms with van der Waals surface area (Å²) in [7, 11) is 3.97. The van der Waals surface area contributed by atoms with E-state index >= 15 is 0 Å². The maximum Gasteiger partial charge on any atom is 0.286 e. The standard InChI is InChI=1S/C17H15N3O2S2/c1-19(2)13-7-5-12(6-8-13)10-15-16(21)20(17(23)24-15)18-11-14-4-3-9-22-14/h3-11H,1-2H3. The molecule has 0 unspecified atom stereocenters. The molecule has 0 N–H and O–H groups in total. The van der Waals surface area contributed by atoms with Crippen LogP contribution in [0.2, 0.25) is 0 Å². The van der Waals surface area contributed by atoms with Gasteiger partial charge in [-0.05, 0) is 48.1 Å². The highest BCUT2D eigenvalue weighted by Crippen LogP contribution is 2.32. The molecule has 2 heterocycles. The van der Waals surface area contributed by atoms with Gasteiger partial charge in [-0.3, -0.25) is 4.79 Å². The van der Waals surface area contributed by atoms with Gasteiger partial charge in [0.15, 0.2) is 4.32 Å². The smallest absolute Gasteiger partial charge is 0.286 e. The largest absolute Gasteiger partial charge is 0.463 e. The van der Waals surface area contributed by atoms with Crippen molar-refractivity contribution in [2.45, 2.75) is 0 Å². The van der Waals surface area contributed by atoms with Crippen molar-refractivity contribution in [3.8, 4) is 0 Å². The first-order valence-electron chi connectivity index (χ1n) is 7.17. The van der Waals surface area contributed by atoms with Gasteiger partial charge in [0.25, 0.3) is 5.91 Å². The second-order valence-electron chi connectivity index (χ2n) is 5.24. The van der Waals surface area contributed by atoms with Crippen LogP contribution in [-0.4, -0.2) is 35.5 Å². The molecule has 0 bridgehead atoms. The number of furan rings is 1. The van der Waals surface area contributed by atoms with Crippen LogP contribution >= 0.6 is 24.0 Å². The molecule has 2 aromatic rings. The number of thiocarbonyl (C=S) groups is 1. The lowest BCUT2D eigenvalue weighted by atomic mass is 10.2. The van der Waals surface area contributed by atoms with E-state index in [4.69, 9.17) is 16.6 Å². The third-order valence-electron chi connectivity index (χ3n) is 3.32. The Morgan fingerprint density at radius 1 is 1.25 bits per heavy atom. The van der Waals surface area contributed by atoms with Gasteiger partial charge in [0, 0.05) is 19.8 Å². The predicted octanol–water partition coefficient (Wildman–Crippen LogP) is 3.58. The van der Waals surface area contributed by atoms with Gasteiger partial charge in [-0.25, -0.2) is 0 Å². The van der Waals surface area contributed by atoms with Crippen molar-refractivity contribution < 1.29 is 9.21 Å². The second kappa shape index (κ2) is 7.02. The number of nitrogens with zero attached hydrogens (tertiary/aromatic N) is 3. The van der Waals surface area contributed by atoms with E-state index in [1.165, 1.54) is 23.0 Å². The molecule has 1 aliphatic rings. The van der Waals surface area contributed by atoms with Crippen LogP contribution in [0.1, 0.15) is 11.3 Å². The van der Waals surface area contributed by atoms with Crippen molar-refractivity contribution in [3.63, 3.8) is 0 Å². The quantitative estimate of drug-likeness (QED) is 0.475. The van der Waals surface area contributed by atoms with E-state index in [0.717, 1.165) is 11.3 Å². The zero-order chi connectivity index (χ0) is 17.1. The zero-order valence-corrected chi connectivity index (χ0v) is 14.8. The van der Waals surface area contributed by atoms with Crippen LogP contribution in [-0.2, 0) is 4.79 Å². The Morgan fingerprint density at radius 2 is 2.00 bits per heavy atom. The fourth-order valence-electron chi connectivity index (χ4n) is 2.06. The van der Waals surface area contributed by atoms with Crippen LogP contribution in [0.5, 0.6) is 0 Å². The van der Waals surface area contributed by atoms with Crippen molar-refractivity contribution in [1.82, 2.24) is 5.01 Å². The summed E-state index contributed by atoms with van der Waals surface area (Å²) in [5, 5.41) is 5.32. The van der Waals surface area contributed by atoms with Crippen molar-refractivity contribution in [2.24, 2.45) is 5.10 Å². The van der Waals surface area contributed by atoms with Crippen LogP contribution in [0.3, 0.4) is 0 Å². The Hall–Kier alpha value is -2.38. The average Bonchev–Trinajstić information content (AvgIpc) is 3.16. The highest BCUT2D eigenvalue weighted by molar-refractivity contribution is 8.26. The molecule has 0 saturated carbocycles.